The van der Waals surface area contributed by atoms with Crippen LogP contribution in [0.15, 0.2) is 0 Å². The average Bonchev–Trinajstić information content (AvgIpc) is 2.00. The zero-order valence-electron chi connectivity index (χ0n) is 8.60. The van der Waals surface area contributed by atoms with Gasteiger partial charge in [0.25, 0.3) is 0 Å². The summed E-state index contributed by atoms with van der Waals surface area (Å²) in [6.07, 6.45) is -5.36. The van der Waals surface area contributed by atoms with Crippen molar-refractivity contribution >= 4 is 5.91 Å². The monoisotopic (exact) mass is 228 g/mol. The van der Waals surface area contributed by atoms with Crippen molar-refractivity contribution in [1.29, 1.82) is 0 Å². The van der Waals surface area contributed by atoms with Crippen molar-refractivity contribution in [3.63, 3.8) is 0 Å². The van der Waals surface area contributed by atoms with Gasteiger partial charge in [-0.3, -0.25) is 4.79 Å². The molecule has 15 heavy (non-hydrogen) atoms. The van der Waals surface area contributed by atoms with Crippen molar-refractivity contribution in [1.82, 2.24) is 5.32 Å². The minimum absolute atomic E-state index is 0.0232. The number of nitrogens with two attached hydrogens (primary N) is 1. The molecular weight excluding hydrogens is 213 g/mol. The topological polar surface area (TPSA) is 64.3 Å². The zero-order chi connectivity index (χ0) is 12.1. The molecule has 0 aliphatic carbocycles. The maximum atomic E-state index is 11.9. The first kappa shape index (κ1) is 14.2. The Kier molecular flexibility index (Phi) is 5.59. The molecule has 0 aliphatic heterocycles. The number of hydrogen-bond acceptors (Lipinski definition) is 3. The number of hydrogen-bond donors (Lipinski definition) is 2. The second-order valence-electron chi connectivity index (χ2n) is 3.29. The van der Waals surface area contributed by atoms with E-state index in [0.29, 0.717) is 0 Å². The van der Waals surface area contributed by atoms with Crippen LogP contribution in [-0.4, -0.2) is 37.9 Å². The number of ether oxygens (including phenoxy) is 1. The van der Waals surface area contributed by atoms with Crippen molar-refractivity contribution in [3.8, 4) is 0 Å². The molecule has 0 radical (unpaired) electrons. The molecule has 0 fully saturated rings. The molecule has 0 saturated carbocycles. The fourth-order valence-corrected chi connectivity index (χ4v) is 1.00. The molecule has 0 saturated heterocycles. The summed E-state index contributed by atoms with van der Waals surface area (Å²) < 4.78 is 40.3. The smallest absolute Gasteiger partial charge is 0.383 e. The first-order chi connectivity index (χ1) is 6.76. The molecule has 0 spiro atoms. The number of alkyl halides is 3. The second-order valence-corrected chi connectivity index (χ2v) is 3.29. The molecule has 7 heteroatoms. The molecule has 0 bridgehead atoms. The van der Waals surface area contributed by atoms with E-state index in [1.165, 1.54) is 14.0 Å². The Bertz CT molecular complexity index is 209. The standard InChI is InChI=1S/C8H15F3N2O2/c1-5(3-8(9,10)11)13-7(14)6(12)4-15-2/h5-6H,3-4,12H2,1-2H3,(H,13,14). The van der Waals surface area contributed by atoms with Gasteiger partial charge in [0, 0.05) is 13.2 Å². The molecule has 0 aromatic carbocycles. The van der Waals surface area contributed by atoms with E-state index in [0.717, 1.165) is 0 Å². The Morgan fingerprint density at radius 1 is 1.53 bits per heavy atom. The van der Waals surface area contributed by atoms with Crippen LogP contribution in [-0.2, 0) is 9.53 Å². The third kappa shape index (κ3) is 7.15. The zero-order valence-corrected chi connectivity index (χ0v) is 8.60. The molecule has 0 heterocycles. The van der Waals surface area contributed by atoms with Crippen LogP contribution in [0.1, 0.15) is 13.3 Å². The Hall–Kier alpha value is -0.820. The van der Waals surface area contributed by atoms with Gasteiger partial charge in [-0.1, -0.05) is 0 Å². The predicted octanol–water partition coefficient (Wildman–Crippen LogP) is 0.417. The lowest BCUT2D eigenvalue weighted by Crippen LogP contribution is -2.47. The molecular formula is C8H15F3N2O2. The summed E-state index contributed by atoms with van der Waals surface area (Å²) in [5.41, 5.74) is 5.32. The van der Waals surface area contributed by atoms with Crippen molar-refractivity contribution in [3.05, 3.63) is 0 Å². The van der Waals surface area contributed by atoms with Crippen LogP contribution in [0.4, 0.5) is 13.2 Å². The average molecular weight is 228 g/mol. The lowest BCUT2D eigenvalue weighted by Gasteiger charge is -2.18. The molecule has 4 nitrogen and oxygen atoms in total. The van der Waals surface area contributed by atoms with E-state index in [-0.39, 0.29) is 6.61 Å². The summed E-state index contributed by atoms with van der Waals surface area (Å²) in [7, 11) is 1.35. The van der Waals surface area contributed by atoms with Crippen LogP contribution in [0, 0.1) is 0 Å². The molecule has 0 rings (SSSR count). The van der Waals surface area contributed by atoms with Crippen molar-refractivity contribution in [2.45, 2.75) is 31.6 Å². The third-order valence-electron chi connectivity index (χ3n) is 1.61. The number of methoxy groups -OCH3 is 1. The molecule has 0 aromatic heterocycles. The van der Waals surface area contributed by atoms with Crippen LogP contribution in [0.5, 0.6) is 0 Å². The first-order valence-electron chi connectivity index (χ1n) is 4.38. The molecule has 2 atom stereocenters. The van der Waals surface area contributed by atoms with Crippen molar-refractivity contribution < 1.29 is 22.7 Å². The van der Waals surface area contributed by atoms with Crippen molar-refractivity contribution in [2.24, 2.45) is 5.73 Å². The summed E-state index contributed by atoms with van der Waals surface area (Å²) >= 11 is 0. The molecule has 0 aliphatic rings. The predicted molar refractivity (Wildman–Crippen MR) is 48.1 cm³/mol. The highest BCUT2D eigenvalue weighted by atomic mass is 19.4. The van der Waals surface area contributed by atoms with Gasteiger partial charge in [0.15, 0.2) is 0 Å². The lowest BCUT2D eigenvalue weighted by atomic mass is 10.2. The van der Waals surface area contributed by atoms with Crippen LogP contribution in [0.2, 0.25) is 0 Å². The van der Waals surface area contributed by atoms with E-state index < -0.39 is 30.6 Å². The Morgan fingerprint density at radius 2 is 2.07 bits per heavy atom. The van der Waals surface area contributed by atoms with E-state index in [9.17, 15) is 18.0 Å². The highest BCUT2D eigenvalue weighted by Gasteiger charge is 2.31. The number of halogens is 3. The van der Waals surface area contributed by atoms with E-state index in [1.807, 2.05) is 0 Å². The summed E-state index contributed by atoms with van der Waals surface area (Å²) in [6.45, 7) is 1.25. The maximum absolute atomic E-state index is 11.9. The SMILES string of the molecule is COCC(N)C(=O)NC(C)CC(F)(F)F. The number of carbonyl (C=O) groups is 1. The Balaban J connectivity index is 3.96. The summed E-state index contributed by atoms with van der Waals surface area (Å²) in [5, 5.41) is 2.16. The Morgan fingerprint density at radius 3 is 2.47 bits per heavy atom. The number of rotatable bonds is 5. The number of carbonyl (C=O) groups excluding carboxylic acids is 1. The Labute approximate surface area is 86.0 Å². The van der Waals surface area contributed by atoms with Gasteiger partial charge >= 0.3 is 6.18 Å². The van der Waals surface area contributed by atoms with Gasteiger partial charge in [-0.05, 0) is 6.92 Å². The van der Waals surface area contributed by atoms with Crippen LogP contribution < -0.4 is 11.1 Å². The summed E-state index contributed by atoms with van der Waals surface area (Å²) in [5.74, 6) is -0.645. The quantitative estimate of drug-likeness (QED) is 0.716. The van der Waals surface area contributed by atoms with Crippen LogP contribution in [0.3, 0.4) is 0 Å². The van der Waals surface area contributed by atoms with E-state index >= 15 is 0 Å². The van der Waals surface area contributed by atoms with Crippen molar-refractivity contribution in [2.75, 3.05) is 13.7 Å². The maximum Gasteiger partial charge on any atom is 0.391 e. The lowest BCUT2D eigenvalue weighted by molar-refractivity contribution is -0.141. The molecule has 0 aromatic rings. The molecule has 1 amide bonds. The van der Waals surface area contributed by atoms with Gasteiger partial charge in [-0.15, -0.1) is 0 Å². The van der Waals surface area contributed by atoms with Crippen LogP contribution >= 0.6 is 0 Å². The van der Waals surface area contributed by atoms with E-state index in [1.54, 1.807) is 0 Å². The van der Waals surface area contributed by atoms with Gasteiger partial charge in [-0.2, -0.15) is 13.2 Å². The third-order valence-corrected chi connectivity index (χ3v) is 1.61. The van der Waals surface area contributed by atoms with Gasteiger partial charge < -0.3 is 15.8 Å². The molecule has 2 unspecified atom stereocenters. The summed E-state index contributed by atoms with van der Waals surface area (Å²) in [4.78, 5) is 11.1. The fourth-order valence-electron chi connectivity index (χ4n) is 1.00. The molecule has 3 N–H and O–H groups in total. The highest BCUT2D eigenvalue weighted by molar-refractivity contribution is 5.81. The first-order valence-corrected chi connectivity index (χ1v) is 4.38. The normalized spacial score (nSPS) is 15.9. The second kappa shape index (κ2) is 5.92. The number of nitrogens with one attached hydrogen (secondary N) is 1. The van der Waals surface area contributed by atoms with Gasteiger partial charge in [0.1, 0.15) is 6.04 Å². The van der Waals surface area contributed by atoms with E-state index in [4.69, 9.17) is 5.73 Å². The largest absolute Gasteiger partial charge is 0.391 e. The minimum atomic E-state index is -4.29. The van der Waals surface area contributed by atoms with Gasteiger partial charge in [0.05, 0.1) is 13.0 Å². The minimum Gasteiger partial charge on any atom is -0.383 e. The fraction of sp³-hybridized carbons (Fsp3) is 0.875. The van der Waals surface area contributed by atoms with Crippen LogP contribution in [0.25, 0.3) is 0 Å². The molecule has 90 valence electrons. The highest BCUT2D eigenvalue weighted by Crippen LogP contribution is 2.21. The van der Waals surface area contributed by atoms with Gasteiger partial charge in [0.2, 0.25) is 5.91 Å². The number of amides is 1. The van der Waals surface area contributed by atoms with Gasteiger partial charge in [-0.25, -0.2) is 0 Å². The van der Waals surface area contributed by atoms with E-state index in [2.05, 4.69) is 10.1 Å². The summed E-state index contributed by atoms with van der Waals surface area (Å²) in [6, 6.07) is -1.92.